The molecule has 0 fully saturated rings. The molecule has 0 saturated heterocycles. The number of aromatic nitrogens is 3. The quantitative estimate of drug-likeness (QED) is 0.878. The minimum Gasteiger partial charge on any atom is -0.496 e. The van der Waals surface area contributed by atoms with Crippen molar-refractivity contribution in [2.45, 2.75) is 13.0 Å². The van der Waals surface area contributed by atoms with Crippen LogP contribution in [0.1, 0.15) is 23.5 Å². The summed E-state index contributed by atoms with van der Waals surface area (Å²) in [6, 6.07) is 2.06. The van der Waals surface area contributed by atoms with Gasteiger partial charge in [-0.05, 0) is 18.0 Å². The second-order valence-electron chi connectivity index (χ2n) is 3.63. The summed E-state index contributed by atoms with van der Waals surface area (Å²) < 4.78 is 7.16. The van der Waals surface area contributed by atoms with E-state index in [9.17, 15) is 0 Å². The van der Waals surface area contributed by atoms with Crippen LogP contribution in [0.2, 0.25) is 0 Å². The van der Waals surface area contributed by atoms with E-state index in [2.05, 4.69) is 22.6 Å². The molecule has 92 valence electrons. The first-order valence-corrected chi connectivity index (χ1v) is 6.35. The van der Waals surface area contributed by atoms with Gasteiger partial charge < -0.3 is 10.1 Å². The number of rotatable bonds is 5. The lowest BCUT2D eigenvalue weighted by Gasteiger charge is -2.17. The Balaban J connectivity index is 2.39. The largest absolute Gasteiger partial charge is 0.496 e. The maximum atomic E-state index is 5.37. The number of hydrogen-bond acceptors (Lipinski definition) is 5. The SMILES string of the molecule is CCNC(c1sccc1OC)c1cnnn1C. The lowest BCUT2D eigenvalue weighted by Crippen LogP contribution is -2.23. The number of nitrogens with one attached hydrogen (secondary N) is 1. The van der Waals surface area contributed by atoms with Crippen LogP contribution in [-0.2, 0) is 7.05 Å². The van der Waals surface area contributed by atoms with Crippen molar-refractivity contribution in [2.24, 2.45) is 7.05 Å². The smallest absolute Gasteiger partial charge is 0.134 e. The molecule has 1 unspecified atom stereocenters. The average molecular weight is 252 g/mol. The fourth-order valence-electron chi connectivity index (χ4n) is 1.78. The molecule has 0 spiro atoms. The number of nitrogens with zero attached hydrogens (tertiary/aromatic N) is 3. The van der Waals surface area contributed by atoms with Crippen LogP contribution in [0.3, 0.4) is 0 Å². The molecule has 0 amide bonds. The second-order valence-corrected chi connectivity index (χ2v) is 4.57. The molecule has 0 aliphatic rings. The van der Waals surface area contributed by atoms with Crippen LogP contribution in [0.25, 0.3) is 0 Å². The van der Waals surface area contributed by atoms with Gasteiger partial charge in [-0.15, -0.1) is 16.4 Å². The van der Waals surface area contributed by atoms with Crippen LogP contribution in [0.4, 0.5) is 0 Å². The van der Waals surface area contributed by atoms with Gasteiger partial charge in [-0.2, -0.15) is 0 Å². The van der Waals surface area contributed by atoms with Gasteiger partial charge >= 0.3 is 0 Å². The molecule has 0 aliphatic carbocycles. The first kappa shape index (κ1) is 12.1. The van der Waals surface area contributed by atoms with E-state index >= 15 is 0 Å². The molecule has 17 heavy (non-hydrogen) atoms. The van der Waals surface area contributed by atoms with Gasteiger partial charge in [0.1, 0.15) is 5.75 Å². The average Bonchev–Trinajstić information content (AvgIpc) is 2.94. The monoisotopic (exact) mass is 252 g/mol. The van der Waals surface area contributed by atoms with Crippen LogP contribution in [0.15, 0.2) is 17.6 Å². The molecule has 5 nitrogen and oxygen atoms in total. The highest BCUT2D eigenvalue weighted by Gasteiger charge is 2.21. The van der Waals surface area contributed by atoms with Gasteiger partial charge in [0.25, 0.3) is 0 Å². The molecule has 2 heterocycles. The lowest BCUT2D eigenvalue weighted by molar-refractivity contribution is 0.406. The third kappa shape index (κ3) is 2.32. The van der Waals surface area contributed by atoms with E-state index in [0.29, 0.717) is 0 Å². The standard InChI is InChI=1S/C11H16N4OS/c1-4-12-10(8-7-13-14-15(8)2)11-9(16-3)5-6-17-11/h5-7,10,12H,4H2,1-3H3. The zero-order chi connectivity index (χ0) is 12.3. The number of ether oxygens (including phenoxy) is 1. The van der Waals surface area contributed by atoms with Gasteiger partial charge in [-0.1, -0.05) is 12.1 Å². The van der Waals surface area contributed by atoms with Crippen molar-refractivity contribution >= 4 is 11.3 Å². The number of aryl methyl sites for hydroxylation is 1. The van der Waals surface area contributed by atoms with Crippen molar-refractivity contribution in [1.29, 1.82) is 0 Å². The Hall–Kier alpha value is -1.40. The Morgan fingerprint density at radius 3 is 3.00 bits per heavy atom. The van der Waals surface area contributed by atoms with Crippen molar-refractivity contribution in [1.82, 2.24) is 20.3 Å². The highest BCUT2D eigenvalue weighted by molar-refractivity contribution is 7.10. The van der Waals surface area contributed by atoms with Crippen LogP contribution in [-0.4, -0.2) is 28.6 Å². The molecule has 2 aromatic rings. The Labute approximate surface area is 104 Å². The molecule has 1 N–H and O–H groups in total. The molecule has 1 atom stereocenters. The highest BCUT2D eigenvalue weighted by Crippen LogP contribution is 2.34. The Morgan fingerprint density at radius 1 is 1.59 bits per heavy atom. The van der Waals surface area contributed by atoms with Crippen LogP contribution in [0, 0.1) is 0 Å². The summed E-state index contributed by atoms with van der Waals surface area (Å²) in [4.78, 5) is 1.15. The molecule has 0 aliphatic heterocycles. The first-order valence-electron chi connectivity index (χ1n) is 5.47. The Kier molecular flexibility index (Phi) is 3.75. The topological polar surface area (TPSA) is 52.0 Å². The summed E-state index contributed by atoms with van der Waals surface area (Å²) in [7, 11) is 3.59. The lowest BCUT2D eigenvalue weighted by atomic mass is 10.1. The molecule has 2 rings (SSSR count). The summed E-state index contributed by atoms with van der Waals surface area (Å²) in [5.74, 6) is 0.905. The van der Waals surface area contributed by atoms with E-state index in [0.717, 1.165) is 22.9 Å². The second kappa shape index (κ2) is 5.29. The van der Waals surface area contributed by atoms with Gasteiger partial charge in [0.2, 0.25) is 0 Å². The molecule has 0 saturated carbocycles. The van der Waals surface area contributed by atoms with Crippen molar-refractivity contribution < 1.29 is 4.74 Å². The van der Waals surface area contributed by atoms with Crippen LogP contribution >= 0.6 is 11.3 Å². The maximum Gasteiger partial charge on any atom is 0.134 e. The minimum absolute atomic E-state index is 0.0787. The van der Waals surface area contributed by atoms with E-state index in [1.54, 1.807) is 29.3 Å². The summed E-state index contributed by atoms with van der Waals surface area (Å²) in [6.07, 6.45) is 1.78. The summed E-state index contributed by atoms with van der Waals surface area (Å²) in [5, 5.41) is 13.4. The first-order chi connectivity index (χ1) is 8.27. The van der Waals surface area contributed by atoms with E-state index < -0.39 is 0 Å². The zero-order valence-electron chi connectivity index (χ0n) is 10.2. The number of methoxy groups -OCH3 is 1. The van der Waals surface area contributed by atoms with E-state index in [1.807, 2.05) is 18.5 Å². The van der Waals surface area contributed by atoms with Gasteiger partial charge in [0.15, 0.2) is 0 Å². The summed E-state index contributed by atoms with van der Waals surface area (Å²) in [5.41, 5.74) is 1.03. The van der Waals surface area contributed by atoms with Gasteiger partial charge in [-0.3, -0.25) is 4.68 Å². The summed E-state index contributed by atoms with van der Waals surface area (Å²) >= 11 is 1.67. The molecule has 0 aromatic carbocycles. The van der Waals surface area contributed by atoms with Gasteiger partial charge in [-0.25, -0.2) is 0 Å². The molecular weight excluding hydrogens is 236 g/mol. The molecule has 0 radical (unpaired) electrons. The number of hydrogen-bond donors (Lipinski definition) is 1. The Morgan fingerprint density at radius 2 is 2.41 bits per heavy atom. The Bertz CT molecular complexity index is 479. The third-order valence-corrected chi connectivity index (χ3v) is 3.56. The van der Waals surface area contributed by atoms with Gasteiger partial charge in [0.05, 0.1) is 29.9 Å². The zero-order valence-corrected chi connectivity index (χ0v) is 11.0. The van der Waals surface area contributed by atoms with E-state index in [1.165, 1.54) is 0 Å². The highest BCUT2D eigenvalue weighted by atomic mass is 32.1. The van der Waals surface area contributed by atoms with E-state index in [4.69, 9.17) is 4.74 Å². The van der Waals surface area contributed by atoms with Gasteiger partial charge in [0, 0.05) is 7.05 Å². The van der Waals surface area contributed by atoms with Crippen LogP contribution < -0.4 is 10.1 Å². The predicted molar refractivity (Wildman–Crippen MR) is 67.4 cm³/mol. The minimum atomic E-state index is 0.0787. The third-order valence-electron chi connectivity index (χ3n) is 2.59. The summed E-state index contributed by atoms with van der Waals surface area (Å²) in [6.45, 7) is 2.95. The van der Waals surface area contributed by atoms with Crippen LogP contribution in [0.5, 0.6) is 5.75 Å². The molecule has 2 aromatic heterocycles. The van der Waals surface area contributed by atoms with Crippen molar-refractivity contribution in [3.05, 3.63) is 28.2 Å². The molecule has 0 bridgehead atoms. The van der Waals surface area contributed by atoms with Crippen molar-refractivity contribution in [2.75, 3.05) is 13.7 Å². The fraction of sp³-hybridized carbons (Fsp3) is 0.455. The predicted octanol–water partition coefficient (Wildman–Crippen LogP) is 1.58. The maximum absolute atomic E-state index is 5.37. The number of thiophene rings is 1. The van der Waals surface area contributed by atoms with Crippen molar-refractivity contribution in [3.63, 3.8) is 0 Å². The molecule has 6 heteroatoms. The normalized spacial score (nSPS) is 12.6. The van der Waals surface area contributed by atoms with Crippen molar-refractivity contribution in [3.8, 4) is 5.75 Å². The fourth-order valence-corrected chi connectivity index (χ4v) is 2.73. The van der Waals surface area contributed by atoms with E-state index in [-0.39, 0.29) is 6.04 Å². The molecular formula is C11H16N4OS.